The molecule has 4 fully saturated rings. The van der Waals surface area contributed by atoms with Gasteiger partial charge in [0.25, 0.3) is 0 Å². The summed E-state index contributed by atoms with van der Waals surface area (Å²) in [5.74, 6) is 2.57. The molecule has 4 aliphatic rings. The van der Waals surface area contributed by atoms with E-state index in [2.05, 4.69) is 32.7 Å². The van der Waals surface area contributed by atoms with Gasteiger partial charge >= 0.3 is 0 Å². The van der Waals surface area contributed by atoms with E-state index in [1.54, 1.807) is 12.3 Å². The van der Waals surface area contributed by atoms with E-state index in [0.717, 1.165) is 19.4 Å². The first-order valence-electron chi connectivity index (χ1n) is 13.3. The van der Waals surface area contributed by atoms with Crippen molar-refractivity contribution in [3.63, 3.8) is 0 Å². The molecule has 3 saturated carbocycles. The predicted octanol–water partition coefficient (Wildman–Crippen LogP) is 6.35. The highest BCUT2D eigenvalue weighted by Gasteiger charge is 2.62. The maximum Gasteiger partial charge on any atom is 0.160 e. The minimum absolute atomic E-state index is 0.0232. The summed E-state index contributed by atoms with van der Waals surface area (Å²) in [5.41, 5.74) is 0.616. The average Bonchev–Trinajstić information content (AvgIpc) is 3.30. The second kappa shape index (κ2) is 8.71. The van der Waals surface area contributed by atoms with Crippen LogP contribution in [0.4, 0.5) is 0 Å². The predicted molar refractivity (Wildman–Crippen MR) is 128 cm³/mol. The number of ether oxygens (including phenoxy) is 3. The molecule has 1 N–H and O–H groups in total. The molecule has 33 heavy (non-hydrogen) atoms. The molecule has 5 nitrogen and oxygen atoms in total. The number of rotatable bonds is 5. The van der Waals surface area contributed by atoms with Crippen molar-refractivity contribution in [1.29, 1.82) is 0 Å². The Kier molecular flexibility index (Phi) is 6.18. The van der Waals surface area contributed by atoms with E-state index in [1.165, 1.54) is 51.1 Å². The van der Waals surface area contributed by atoms with Gasteiger partial charge in [-0.05, 0) is 67.6 Å². The van der Waals surface area contributed by atoms with Crippen LogP contribution in [0.2, 0.25) is 0 Å². The zero-order valence-corrected chi connectivity index (χ0v) is 21.0. The van der Waals surface area contributed by atoms with Gasteiger partial charge in [-0.1, -0.05) is 40.5 Å². The third-order valence-corrected chi connectivity index (χ3v) is 10.1. The Bertz CT molecular complexity index is 837. The van der Waals surface area contributed by atoms with Crippen LogP contribution < -0.4 is 4.74 Å². The summed E-state index contributed by atoms with van der Waals surface area (Å²) in [7, 11) is 0. The average molecular weight is 458 g/mol. The fourth-order valence-corrected chi connectivity index (χ4v) is 8.44. The largest absolute Gasteiger partial charge is 0.506 e. The molecular weight excluding hydrogens is 414 g/mol. The standard InChI is InChI=1S/C28H43NO4/c1-26(2)12-9-23-27(3,22(26)11-14-31-21-15-20(30)16-29-17-21)13-10-24-28(23,4)18-32-25(33-24)19-7-5-6-8-19/h15-17,19,22-25,30H,5-14,18H2,1-4H3/t22-,23?,24-,25-,27+,28+/m1/s1. The molecule has 5 heteroatoms. The van der Waals surface area contributed by atoms with Crippen LogP contribution in [0, 0.1) is 34.0 Å². The maximum absolute atomic E-state index is 9.70. The van der Waals surface area contributed by atoms with Crippen LogP contribution in [0.3, 0.4) is 0 Å². The van der Waals surface area contributed by atoms with E-state index >= 15 is 0 Å². The van der Waals surface area contributed by atoms with Crippen molar-refractivity contribution < 1.29 is 19.3 Å². The first-order valence-corrected chi connectivity index (χ1v) is 13.3. The number of nitrogens with zero attached hydrogens (tertiary/aromatic N) is 1. The molecule has 0 bridgehead atoms. The molecule has 5 rings (SSSR count). The van der Waals surface area contributed by atoms with Crippen LogP contribution in [0.15, 0.2) is 18.5 Å². The van der Waals surface area contributed by atoms with Crippen LogP contribution in [-0.4, -0.2) is 35.7 Å². The van der Waals surface area contributed by atoms with Crippen LogP contribution in [0.5, 0.6) is 11.5 Å². The molecule has 1 saturated heterocycles. The number of pyridine rings is 1. The van der Waals surface area contributed by atoms with Gasteiger partial charge in [-0.25, -0.2) is 0 Å². The molecule has 0 aromatic carbocycles. The fourth-order valence-electron chi connectivity index (χ4n) is 8.44. The topological polar surface area (TPSA) is 60.8 Å². The lowest BCUT2D eigenvalue weighted by atomic mass is 9.42. The van der Waals surface area contributed by atoms with Gasteiger partial charge in [0.15, 0.2) is 6.29 Å². The smallest absolute Gasteiger partial charge is 0.160 e. The van der Waals surface area contributed by atoms with Crippen molar-refractivity contribution in [1.82, 2.24) is 4.98 Å². The van der Waals surface area contributed by atoms with Gasteiger partial charge in [0.05, 0.1) is 31.7 Å². The highest BCUT2D eigenvalue weighted by atomic mass is 16.7. The van der Waals surface area contributed by atoms with Gasteiger partial charge in [0.1, 0.15) is 11.5 Å². The summed E-state index contributed by atoms with van der Waals surface area (Å²) >= 11 is 0. The van der Waals surface area contributed by atoms with E-state index in [4.69, 9.17) is 14.2 Å². The van der Waals surface area contributed by atoms with E-state index in [0.29, 0.717) is 36.2 Å². The summed E-state index contributed by atoms with van der Waals surface area (Å²) in [6, 6.07) is 1.65. The van der Waals surface area contributed by atoms with Crippen molar-refractivity contribution >= 4 is 0 Å². The third kappa shape index (κ3) is 4.18. The Labute approximate surface area is 199 Å². The van der Waals surface area contributed by atoms with Gasteiger partial charge < -0.3 is 19.3 Å². The summed E-state index contributed by atoms with van der Waals surface area (Å²) in [5, 5.41) is 9.70. The molecular formula is C28H43NO4. The lowest BCUT2D eigenvalue weighted by Gasteiger charge is -2.65. The Balaban J connectivity index is 1.31. The van der Waals surface area contributed by atoms with Crippen LogP contribution >= 0.6 is 0 Å². The zero-order chi connectivity index (χ0) is 23.3. The SMILES string of the molecule is CC1(C)CCC2[C@]3(C)CO[C@@H](C4CCCC4)O[C@@H]3CC[C@@]2(C)[C@@H]1CCOc1cncc(O)c1. The molecule has 184 valence electrons. The molecule has 1 aromatic heterocycles. The third-order valence-electron chi connectivity index (χ3n) is 10.1. The van der Waals surface area contributed by atoms with Gasteiger partial charge in [0, 0.05) is 17.4 Å². The lowest BCUT2D eigenvalue weighted by molar-refractivity contribution is -0.322. The first-order chi connectivity index (χ1) is 15.7. The maximum atomic E-state index is 9.70. The number of fused-ring (bicyclic) bond motifs is 3. The quantitative estimate of drug-likeness (QED) is 0.558. The highest BCUT2D eigenvalue weighted by Crippen LogP contribution is 2.66. The lowest BCUT2D eigenvalue weighted by Crippen LogP contribution is -2.63. The Hall–Kier alpha value is -1.33. The Morgan fingerprint density at radius 2 is 1.82 bits per heavy atom. The molecule has 0 spiro atoms. The summed E-state index contributed by atoms with van der Waals surface area (Å²) in [6.07, 6.45) is 14.5. The van der Waals surface area contributed by atoms with Gasteiger partial charge in [-0.3, -0.25) is 4.98 Å². The molecule has 3 aliphatic carbocycles. The van der Waals surface area contributed by atoms with E-state index in [9.17, 15) is 5.11 Å². The van der Waals surface area contributed by atoms with Gasteiger partial charge in [0.2, 0.25) is 0 Å². The molecule has 2 heterocycles. The van der Waals surface area contributed by atoms with Crippen molar-refractivity contribution in [2.45, 2.75) is 97.9 Å². The van der Waals surface area contributed by atoms with E-state index < -0.39 is 0 Å². The first kappa shape index (κ1) is 23.4. The molecule has 1 unspecified atom stereocenters. The van der Waals surface area contributed by atoms with Crippen LogP contribution in [0.1, 0.15) is 85.5 Å². The number of hydrogen-bond acceptors (Lipinski definition) is 5. The van der Waals surface area contributed by atoms with Crippen molar-refractivity contribution in [3.8, 4) is 11.5 Å². The molecule has 1 aromatic rings. The Morgan fingerprint density at radius 3 is 2.58 bits per heavy atom. The van der Waals surface area contributed by atoms with Gasteiger partial charge in [-0.2, -0.15) is 0 Å². The summed E-state index contributed by atoms with van der Waals surface area (Å²) in [6.45, 7) is 11.4. The van der Waals surface area contributed by atoms with Gasteiger partial charge in [-0.15, -0.1) is 0 Å². The number of aromatic nitrogens is 1. The second-order valence-corrected chi connectivity index (χ2v) is 12.5. The second-order valence-electron chi connectivity index (χ2n) is 12.5. The highest BCUT2D eigenvalue weighted by molar-refractivity contribution is 5.26. The molecule has 0 amide bonds. The Morgan fingerprint density at radius 1 is 1.03 bits per heavy atom. The fraction of sp³-hybridized carbons (Fsp3) is 0.821. The normalized spacial score (nSPS) is 40.7. The molecule has 1 aliphatic heterocycles. The van der Waals surface area contributed by atoms with Crippen molar-refractivity contribution in [3.05, 3.63) is 18.5 Å². The van der Waals surface area contributed by atoms with Crippen LogP contribution in [0.25, 0.3) is 0 Å². The van der Waals surface area contributed by atoms with Crippen molar-refractivity contribution in [2.75, 3.05) is 13.2 Å². The minimum Gasteiger partial charge on any atom is -0.506 e. The number of hydrogen-bond donors (Lipinski definition) is 1. The monoisotopic (exact) mass is 457 g/mol. The summed E-state index contributed by atoms with van der Waals surface area (Å²) in [4.78, 5) is 4.04. The minimum atomic E-state index is 0.0232. The van der Waals surface area contributed by atoms with E-state index in [1.807, 2.05) is 0 Å². The summed E-state index contributed by atoms with van der Waals surface area (Å²) < 4.78 is 19.3. The molecule has 0 radical (unpaired) electrons. The molecule has 6 atom stereocenters. The zero-order valence-electron chi connectivity index (χ0n) is 21.0. The number of aromatic hydroxyl groups is 1. The van der Waals surface area contributed by atoms with E-state index in [-0.39, 0.29) is 28.3 Å². The van der Waals surface area contributed by atoms with Crippen LogP contribution in [-0.2, 0) is 9.47 Å². The van der Waals surface area contributed by atoms with Crippen molar-refractivity contribution in [2.24, 2.45) is 34.0 Å².